The number of hydrogen-bond acceptors (Lipinski definition) is 8. The number of anilines is 1. The Morgan fingerprint density at radius 1 is 1.18 bits per heavy atom. The van der Waals surface area contributed by atoms with Crippen molar-refractivity contribution in [2.24, 2.45) is 5.73 Å². The minimum Gasteiger partial charge on any atom is -0.457 e. The van der Waals surface area contributed by atoms with Crippen molar-refractivity contribution in [1.82, 2.24) is 25.3 Å². The molecule has 4 N–H and O–H groups in total. The topological polar surface area (TPSA) is 105 Å². The molecular formula is C30H32ClN7OS. The summed E-state index contributed by atoms with van der Waals surface area (Å²) in [5.41, 5.74) is 10.9. The van der Waals surface area contributed by atoms with Gasteiger partial charge in [0.25, 0.3) is 0 Å². The van der Waals surface area contributed by atoms with Crippen LogP contribution >= 0.6 is 23.4 Å². The monoisotopic (exact) mass is 573 g/mol. The van der Waals surface area contributed by atoms with Crippen LogP contribution in [0.15, 0.2) is 58.6 Å². The Balaban J connectivity index is 1.34. The fourth-order valence-corrected chi connectivity index (χ4v) is 6.31. The van der Waals surface area contributed by atoms with E-state index in [2.05, 4.69) is 52.5 Å². The average Bonchev–Trinajstić information content (AvgIpc) is 3.51. The number of aryl methyl sites for hydroxylation is 2. The maximum Gasteiger partial charge on any atom is 0.196 e. The molecule has 1 aliphatic rings. The van der Waals surface area contributed by atoms with Crippen molar-refractivity contribution < 1.29 is 4.74 Å². The van der Waals surface area contributed by atoms with E-state index >= 15 is 0 Å². The lowest BCUT2D eigenvalue weighted by atomic mass is 10.1. The Bertz CT molecular complexity index is 1710. The van der Waals surface area contributed by atoms with E-state index in [1.807, 2.05) is 32.2 Å². The highest BCUT2D eigenvalue weighted by Crippen LogP contribution is 2.39. The van der Waals surface area contributed by atoms with Gasteiger partial charge in [0.1, 0.15) is 23.0 Å². The van der Waals surface area contributed by atoms with Crippen molar-refractivity contribution in [3.63, 3.8) is 0 Å². The van der Waals surface area contributed by atoms with Crippen molar-refractivity contribution in [3.05, 3.63) is 70.5 Å². The normalized spacial score (nSPS) is 15.4. The van der Waals surface area contributed by atoms with Gasteiger partial charge in [-0.3, -0.25) is 4.98 Å². The summed E-state index contributed by atoms with van der Waals surface area (Å²) < 4.78 is 6.34. The largest absolute Gasteiger partial charge is 0.457 e. The van der Waals surface area contributed by atoms with Gasteiger partial charge in [0.15, 0.2) is 5.16 Å². The van der Waals surface area contributed by atoms with Gasteiger partial charge in [-0.2, -0.15) is 0 Å². The summed E-state index contributed by atoms with van der Waals surface area (Å²) in [5.74, 6) is 2.41. The molecular weight excluding hydrogens is 542 g/mol. The van der Waals surface area contributed by atoms with Gasteiger partial charge in [0, 0.05) is 53.4 Å². The van der Waals surface area contributed by atoms with E-state index in [4.69, 9.17) is 37.0 Å². The number of rotatable bonds is 8. The molecule has 0 amide bonds. The third-order valence-corrected chi connectivity index (χ3v) is 8.36. The van der Waals surface area contributed by atoms with E-state index in [0.717, 1.165) is 93.6 Å². The highest BCUT2D eigenvalue weighted by Gasteiger charge is 2.26. The molecule has 4 heterocycles. The first kappa shape index (κ1) is 26.8. The van der Waals surface area contributed by atoms with Gasteiger partial charge < -0.3 is 25.7 Å². The van der Waals surface area contributed by atoms with Crippen molar-refractivity contribution in [1.29, 1.82) is 0 Å². The van der Waals surface area contributed by atoms with Crippen LogP contribution in [0.1, 0.15) is 30.3 Å². The summed E-state index contributed by atoms with van der Waals surface area (Å²) >= 11 is 8.27. The molecule has 6 rings (SSSR count). The second kappa shape index (κ2) is 11.2. The minimum atomic E-state index is 0.126. The zero-order valence-electron chi connectivity index (χ0n) is 22.8. The maximum atomic E-state index is 6.77. The van der Waals surface area contributed by atoms with Gasteiger partial charge in [0.2, 0.25) is 0 Å². The smallest absolute Gasteiger partial charge is 0.196 e. The van der Waals surface area contributed by atoms with Crippen LogP contribution in [-0.4, -0.2) is 46.1 Å². The molecule has 0 unspecified atom stereocenters. The van der Waals surface area contributed by atoms with Gasteiger partial charge in [-0.15, -0.1) is 0 Å². The first-order valence-corrected chi connectivity index (χ1v) is 14.7. The second-order valence-corrected chi connectivity index (χ2v) is 11.6. The fraction of sp³-hybridized carbons (Fsp3) is 0.300. The van der Waals surface area contributed by atoms with Crippen LogP contribution in [0.3, 0.4) is 0 Å². The van der Waals surface area contributed by atoms with Gasteiger partial charge in [-0.05, 0) is 74.5 Å². The first-order valence-electron chi connectivity index (χ1n) is 13.5. The lowest BCUT2D eigenvalue weighted by molar-refractivity contribution is 0.486. The van der Waals surface area contributed by atoms with Crippen molar-refractivity contribution >= 4 is 51.1 Å². The van der Waals surface area contributed by atoms with E-state index in [1.165, 1.54) is 11.8 Å². The number of fused-ring (bicyclic) bond motifs is 2. The minimum absolute atomic E-state index is 0.126. The van der Waals surface area contributed by atoms with Crippen LogP contribution in [0.25, 0.3) is 21.9 Å². The number of aromatic amines is 1. The molecule has 1 aliphatic heterocycles. The molecule has 40 heavy (non-hydrogen) atoms. The quantitative estimate of drug-likeness (QED) is 0.188. The number of halogens is 1. The van der Waals surface area contributed by atoms with Crippen LogP contribution < -0.4 is 20.7 Å². The standard InChI is InChI=1S/C30H32ClN7OS/c1-4-23-27(31)26-28(35-23)36-30(37-29(26)38-11-10-19(32)16-38)40-21-8-9-22-24(14-21)34-17(2)12-25(22)39-20-7-5-6-18(13-20)15-33-3/h5-9,12-14,19,33H,4,10-11,15-16,32H2,1-3H3,(H,35,36,37)/t19-/m1/s1. The predicted octanol–water partition coefficient (Wildman–Crippen LogP) is 6.23. The fourth-order valence-electron chi connectivity index (χ4n) is 5.17. The molecule has 0 spiro atoms. The summed E-state index contributed by atoms with van der Waals surface area (Å²) in [6.07, 6.45) is 1.72. The predicted molar refractivity (Wildman–Crippen MR) is 163 cm³/mol. The third-order valence-electron chi connectivity index (χ3n) is 7.09. The van der Waals surface area contributed by atoms with E-state index in [0.29, 0.717) is 10.2 Å². The SMILES string of the molecule is CCc1[nH]c2nc(Sc3ccc4c(Oc5cccc(CNC)c5)cc(C)nc4c3)nc(N3CC[C@@H](N)C3)c2c1Cl. The van der Waals surface area contributed by atoms with Crippen molar-refractivity contribution in [3.8, 4) is 11.5 Å². The Hall–Kier alpha value is -3.37. The second-order valence-electron chi connectivity index (χ2n) is 10.1. The summed E-state index contributed by atoms with van der Waals surface area (Å²) in [5, 5.41) is 6.34. The molecule has 0 bridgehead atoms. The number of nitrogens with one attached hydrogen (secondary N) is 2. The van der Waals surface area contributed by atoms with Crippen molar-refractivity contribution in [2.75, 3.05) is 25.0 Å². The molecule has 0 saturated carbocycles. The molecule has 206 valence electrons. The molecule has 3 aromatic heterocycles. The Morgan fingerprint density at radius 3 is 2.83 bits per heavy atom. The first-order chi connectivity index (χ1) is 19.4. The van der Waals surface area contributed by atoms with Gasteiger partial charge in [-0.25, -0.2) is 9.97 Å². The molecule has 1 fully saturated rings. The molecule has 5 aromatic rings. The lowest BCUT2D eigenvalue weighted by Gasteiger charge is -2.18. The number of nitrogens with zero attached hydrogens (tertiary/aromatic N) is 4. The molecule has 2 aromatic carbocycles. The number of aromatic nitrogens is 4. The highest BCUT2D eigenvalue weighted by molar-refractivity contribution is 7.99. The van der Waals surface area contributed by atoms with Crippen LogP contribution in [0.4, 0.5) is 5.82 Å². The number of pyridine rings is 1. The van der Waals surface area contributed by atoms with Crippen LogP contribution in [-0.2, 0) is 13.0 Å². The molecule has 10 heteroatoms. The zero-order valence-corrected chi connectivity index (χ0v) is 24.4. The molecule has 8 nitrogen and oxygen atoms in total. The lowest BCUT2D eigenvalue weighted by Crippen LogP contribution is -2.27. The number of H-pyrrole nitrogens is 1. The highest BCUT2D eigenvalue weighted by atomic mass is 35.5. The van der Waals surface area contributed by atoms with Gasteiger partial charge >= 0.3 is 0 Å². The Labute approximate surface area is 242 Å². The summed E-state index contributed by atoms with van der Waals surface area (Å²) in [4.78, 5) is 21.3. The maximum absolute atomic E-state index is 6.77. The third kappa shape index (κ3) is 5.34. The van der Waals surface area contributed by atoms with Crippen molar-refractivity contribution in [2.45, 2.75) is 49.3 Å². The summed E-state index contributed by atoms with van der Waals surface area (Å²) in [6.45, 7) is 6.43. The number of nitrogens with two attached hydrogens (primary N) is 1. The zero-order chi connectivity index (χ0) is 27.8. The molecule has 0 aliphatic carbocycles. The van der Waals surface area contributed by atoms with E-state index in [-0.39, 0.29) is 6.04 Å². The van der Waals surface area contributed by atoms with E-state index < -0.39 is 0 Å². The Kier molecular flexibility index (Phi) is 7.55. The van der Waals surface area contributed by atoms with Gasteiger partial charge in [-0.1, -0.05) is 30.7 Å². The van der Waals surface area contributed by atoms with E-state index in [1.54, 1.807) is 0 Å². The molecule has 1 atom stereocenters. The Morgan fingerprint density at radius 2 is 2.05 bits per heavy atom. The van der Waals surface area contributed by atoms with Crippen LogP contribution in [0, 0.1) is 6.92 Å². The number of benzene rings is 2. The number of hydrogen-bond donors (Lipinski definition) is 3. The van der Waals surface area contributed by atoms with Crippen LogP contribution in [0.2, 0.25) is 5.02 Å². The average molecular weight is 574 g/mol. The summed E-state index contributed by atoms with van der Waals surface area (Å²) in [6, 6.07) is 16.4. The van der Waals surface area contributed by atoms with E-state index in [9.17, 15) is 0 Å². The summed E-state index contributed by atoms with van der Waals surface area (Å²) in [7, 11) is 1.93. The molecule has 0 radical (unpaired) electrons. The van der Waals surface area contributed by atoms with Crippen LogP contribution in [0.5, 0.6) is 11.5 Å². The van der Waals surface area contributed by atoms with Gasteiger partial charge in [0.05, 0.1) is 15.9 Å². The number of ether oxygens (including phenoxy) is 1. The molecule has 1 saturated heterocycles.